The molecule has 116 valence electrons. The van der Waals surface area contributed by atoms with Crippen molar-refractivity contribution < 1.29 is 5.11 Å². The quantitative estimate of drug-likeness (QED) is 0.464. The predicted molar refractivity (Wildman–Crippen MR) is 80.9 cm³/mol. The Morgan fingerprint density at radius 3 is 2.43 bits per heavy atom. The van der Waals surface area contributed by atoms with Gasteiger partial charge in [-0.25, -0.2) is 5.84 Å². The molecule has 1 saturated carbocycles. The van der Waals surface area contributed by atoms with E-state index in [1.54, 1.807) is 0 Å². The Labute approximate surface area is 124 Å². The maximum atomic E-state index is 9.82. The molecular weight excluding hydrogens is 270 g/mol. The number of anilines is 3. The average Bonchev–Trinajstić information content (AvgIpc) is 3.01. The molecule has 8 heteroatoms. The fraction of sp³-hybridized carbons (Fsp3) is 0.769. The lowest BCUT2D eigenvalue weighted by Crippen LogP contribution is -2.57. The summed E-state index contributed by atoms with van der Waals surface area (Å²) in [5.74, 6) is 6.96. The molecule has 21 heavy (non-hydrogen) atoms. The van der Waals surface area contributed by atoms with Crippen molar-refractivity contribution in [1.29, 1.82) is 0 Å². The summed E-state index contributed by atoms with van der Waals surface area (Å²) in [7, 11) is 0. The number of nitrogens with zero attached hydrogens (tertiary/aromatic N) is 4. The summed E-state index contributed by atoms with van der Waals surface area (Å²) in [5.41, 5.74) is 2.31. The molecule has 2 heterocycles. The van der Waals surface area contributed by atoms with E-state index < -0.39 is 0 Å². The minimum absolute atomic E-state index is 0.145. The normalized spacial score (nSPS) is 27.3. The molecular formula is C13H23N7O. The van der Waals surface area contributed by atoms with E-state index in [4.69, 9.17) is 5.84 Å². The first-order valence-electron chi connectivity index (χ1n) is 7.43. The second-order valence-electron chi connectivity index (χ2n) is 6.39. The summed E-state index contributed by atoms with van der Waals surface area (Å²) in [6.07, 6.45) is 2.72. The molecule has 1 aliphatic carbocycles. The number of hydrazine groups is 1. The Kier molecular flexibility index (Phi) is 3.58. The highest BCUT2D eigenvalue weighted by Crippen LogP contribution is 2.41. The van der Waals surface area contributed by atoms with Gasteiger partial charge in [0.25, 0.3) is 0 Å². The van der Waals surface area contributed by atoms with E-state index in [1.807, 2.05) is 13.8 Å². The Hall–Kier alpha value is -1.67. The molecule has 0 amide bonds. The molecule has 1 aromatic rings. The second kappa shape index (κ2) is 5.27. The summed E-state index contributed by atoms with van der Waals surface area (Å²) >= 11 is 0. The molecule has 2 unspecified atom stereocenters. The van der Waals surface area contributed by atoms with Crippen molar-refractivity contribution in [3.63, 3.8) is 0 Å². The minimum Gasteiger partial charge on any atom is -0.392 e. The van der Waals surface area contributed by atoms with Gasteiger partial charge in [-0.3, -0.25) is 5.43 Å². The summed E-state index contributed by atoms with van der Waals surface area (Å²) < 4.78 is 0. The van der Waals surface area contributed by atoms with Gasteiger partial charge in [-0.05, 0) is 19.3 Å². The van der Waals surface area contributed by atoms with Crippen molar-refractivity contribution in [3.05, 3.63) is 0 Å². The topological polar surface area (TPSA) is 112 Å². The van der Waals surface area contributed by atoms with Crippen molar-refractivity contribution in [1.82, 2.24) is 15.0 Å². The van der Waals surface area contributed by atoms with Crippen molar-refractivity contribution >= 4 is 17.8 Å². The standard InChI is InChI=1S/C13H23N7O/c1-13(2)8(7-9(13)21)15-10-16-11(19-14)18-12(17-10)20-5-3-4-6-20/h8-9,21H,3-7,14H2,1-2H3,(H2,15,16,17,18,19). The van der Waals surface area contributed by atoms with Crippen LogP contribution in [0, 0.1) is 5.41 Å². The Balaban J connectivity index is 1.79. The van der Waals surface area contributed by atoms with E-state index in [0.29, 0.717) is 24.3 Å². The van der Waals surface area contributed by atoms with E-state index in [0.717, 1.165) is 25.9 Å². The molecule has 2 fully saturated rings. The van der Waals surface area contributed by atoms with Gasteiger partial charge in [0.05, 0.1) is 6.10 Å². The Morgan fingerprint density at radius 1 is 1.19 bits per heavy atom. The van der Waals surface area contributed by atoms with Crippen molar-refractivity contribution in [2.75, 3.05) is 28.7 Å². The maximum Gasteiger partial charge on any atom is 0.243 e. The number of nitrogen functional groups attached to an aromatic ring is 1. The third-order valence-corrected chi connectivity index (χ3v) is 4.66. The number of aliphatic hydroxyl groups is 1. The SMILES string of the molecule is CC1(C)C(O)CC1Nc1nc(NN)nc(N2CCCC2)n1. The molecule has 1 aliphatic heterocycles. The number of hydrogen-bond acceptors (Lipinski definition) is 8. The molecule has 2 aliphatic rings. The van der Waals surface area contributed by atoms with Crippen molar-refractivity contribution in [2.45, 2.75) is 45.3 Å². The highest BCUT2D eigenvalue weighted by molar-refractivity contribution is 5.45. The highest BCUT2D eigenvalue weighted by atomic mass is 16.3. The second-order valence-corrected chi connectivity index (χ2v) is 6.39. The van der Waals surface area contributed by atoms with E-state index >= 15 is 0 Å². The Bertz CT molecular complexity index is 515. The largest absolute Gasteiger partial charge is 0.392 e. The first-order valence-corrected chi connectivity index (χ1v) is 7.43. The van der Waals surface area contributed by atoms with Gasteiger partial charge in [0.2, 0.25) is 17.8 Å². The summed E-state index contributed by atoms with van der Waals surface area (Å²) in [5, 5.41) is 13.1. The van der Waals surface area contributed by atoms with Crippen LogP contribution >= 0.6 is 0 Å². The fourth-order valence-corrected chi connectivity index (χ4v) is 2.86. The van der Waals surface area contributed by atoms with Crippen LogP contribution in [0.2, 0.25) is 0 Å². The first kappa shape index (κ1) is 14.3. The first-order chi connectivity index (χ1) is 10.0. The van der Waals surface area contributed by atoms with Crippen LogP contribution in [0.4, 0.5) is 17.8 Å². The van der Waals surface area contributed by atoms with Gasteiger partial charge in [0, 0.05) is 24.5 Å². The zero-order valence-electron chi connectivity index (χ0n) is 12.5. The molecule has 2 atom stereocenters. The number of aliphatic hydroxyl groups excluding tert-OH is 1. The zero-order valence-corrected chi connectivity index (χ0v) is 12.5. The molecule has 1 saturated heterocycles. The number of nitrogens with two attached hydrogens (primary N) is 1. The third-order valence-electron chi connectivity index (χ3n) is 4.66. The van der Waals surface area contributed by atoms with Gasteiger partial charge in [-0.15, -0.1) is 0 Å². The Morgan fingerprint density at radius 2 is 1.86 bits per heavy atom. The van der Waals surface area contributed by atoms with E-state index in [9.17, 15) is 5.11 Å². The third kappa shape index (κ3) is 2.60. The smallest absolute Gasteiger partial charge is 0.243 e. The van der Waals surface area contributed by atoms with Crippen LogP contribution in [0.25, 0.3) is 0 Å². The van der Waals surface area contributed by atoms with Crippen LogP contribution in [0.5, 0.6) is 0 Å². The molecule has 0 aromatic carbocycles. The van der Waals surface area contributed by atoms with Crippen molar-refractivity contribution in [3.8, 4) is 0 Å². The summed E-state index contributed by atoms with van der Waals surface area (Å²) in [6, 6.07) is 0.145. The van der Waals surface area contributed by atoms with Crippen LogP contribution in [0.1, 0.15) is 33.1 Å². The van der Waals surface area contributed by atoms with Gasteiger partial charge in [-0.1, -0.05) is 13.8 Å². The maximum absolute atomic E-state index is 9.82. The van der Waals surface area contributed by atoms with Gasteiger partial charge in [0.1, 0.15) is 0 Å². The number of nitrogens with one attached hydrogen (secondary N) is 2. The van der Waals surface area contributed by atoms with Crippen LogP contribution in [0.3, 0.4) is 0 Å². The van der Waals surface area contributed by atoms with Crippen LogP contribution < -0.4 is 21.5 Å². The average molecular weight is 293 g/mol. The molecule has 0 radical (unpaired) electrons. The molecule has 8 nitrogen and oxygen atoms in total. The molecule has 1 aromatic heterocycles. The van der Waals surface area contributed by atoms with Crippen LogP contribution in [-0.4, -0.2) is 45.3 Å². The van der Waals surface area contributed by atoms with Gasteiger partial charge in [0.15, 0.2) is 0 Å². The highest BCUT2D eigenvalue weighted by Gasteiger charge is 2.47. The minimum atomic E-state index is -0.290. The van der Waals surface area contributed by atoms with E-state index in [2.05, 4.69) is 30.6 Å². The van der Waals surface area contributed by atoms with E-state index in [-0.39, 0.29) is 17.6 Å². The summed E-state index contributed by atoms with van der Waals surface area (Å²) in [4.78, 5) is 15.2. The molecule has 0 bridgehead atoms. The number of hydrogen-bond donors (Lipinski definition) is 4. The van der Waals surface area contributed by atoms with Gasteiger partial charge >= 0.3 is 0 Å². The zero-order chi connectivity index (χ0) is 15.0. The lowest BCUT2D eigenvalue weighted by molar-refractivity contribution is -0.0512. The summed E-state index contributed by atoms with van der Waals surface area (Å²) in [6.45, 7) is 5.98. The molecule has 0 spiro atoms. The van der Waals surface area contributed by atoms with Gasteiger partial charge < -0.3 is 15.3 Å². The molecule has 5 N–H and O–H groups in total. The lowest BCUT2D eigenvalue weighted by Gasteiger charge is -2.49. The van der Waals surface area contributed by atoms with Crippen LogP contribution in [-0.2, 0) is 0 Å². The van der Waals surface area contributed by atoms with Gasteiger partial charge in [-0.2, -0.15) is 15.0 Å². The number of aromatic nitrogens is 3. The monoisotopic (exact) mass is 293 g/mol. The lowest BCUT2D eigenvalue weighted by atomic mass is 9.65. The van der Waals surface area contributed by atoms with Crippen molar-refractivity contribution in [2.24, 2.45) is 11.3 Å². The number of rotatable bonds is 4. The molecule has 3 rings (SSSR count). The van der Waals surface area contributed by atoms with E-state index in [1.165, 1.54) is 0 Å². The fourth-order valence-electron chi connectivity index (χ4n) is 2.86. The predicted octanol–water partition coefficient (Wildman–Crippen LogP) is 0.329. The van der Waals surface area contributed by atoms with Crippen LogP contribution in [0.15, 0.2) is 0 Å².